The van der Waals surface area contributed by atoms with Gasteiger partial charge in [0.05, 0.1) is 12.6 Å². The van der Waals surface area contributed by atoms with Crippen LogP contribution in [0, 0.1) is 5.92 Å². The third kappa shape index (κ3) is 3.46. The van der Waals surface area contributed by atoms with E-state index in [2.05, 4.69) is 31.9 Å². The lowest BCUT2D eigenvalue weighted by Crippen LogP contribution is -2.48. The quantitative estimate of drug-likeness (QED) is 0.890. The Balaban J connectivity index is 1.42. The van der Waals surface area contributed by atoms with Gasteiger partial charge < -0.3 is 4.90 Å². The highest BCUT2D eigenvalue weighted by molar-refractivity contribution is 5.82. The summed E-state index contributed by atoms with van der Waals surface area (Å²) in [4.78, 5) is 22.4. The van der Waals surface area contributed by atoms with Gasteiger partial charge in [-0.2, -0.15) is 5.10 Å². The molecule has 3 fully saturated rings. The van der Waals surface area contributed by atoms with Gasteiger partial charge >= 0.3 is 0 Å². The highest BCUT2D eigenvalue weighted by Crippen LogP contribution is 2.36. The summed E-state index contributed by atoms with van der Waals surface area (Å²) >= 11 is 0. The van der Waals surface area contributed by atoms with Crippen LogP contribution in [0.25, 0.3) is 0 Å². The van der Waals surface area contributed by atoms with Crippen molar-refractivity contribution in [3.63, 3.8) is 0 Å². The Morgan fingerprint density at radius 1 is 1.12 bits per heavy atom. The Morgan fingerprint density at radius 3 is 2.68 bits per heavy atom. The number of rotatable bonds is 5. The molecular weight excluding hydrogens is 314 g/mol. The smallest absolute Gasteiger partial charge is 0.240 e. The zero-order valence-electron chi connectivity index (χ0n) is 15.4. The molecule has 1 aliphatic carbocycles. The number of nitrogens with zero attached hydrogens (tertiary/aromatic N) is 4. The van der Waals surface area contributed by atoms with Gasteiger partial charge in [0.2, 0.25) is 5.91 Å². The Morgan fingerprint density at radius 2 is 1.92 bits per heavy atom. The number of H-pyrrole nitrogens is 1. The Bertz CT molecular complexity index is 594. The van der Waals surface area contributed by atoms with Crippen LogP contribution in [0.15, 0.2) is 0 Å². The molecule has 1 amide bonds. The van der Waals surface area contributed by atoms with Crippen LogP contribution in [0.3, 0.4) is 0 Å². The number of amides is 1. The number of carbonyl (C=O) groups excluding carboxylic acids is 1. The first-order valence-corrected chi connectivity index (χ1v) is 10.2. The summed E-state index contributed by atoms with van der Waals surface area (Å²) in [7, 11) is 0. The van der Waals surface area contributed by atoms with E-state index in [1.165, 1.54) is 38.5 Å². The van der Waals surface area contributed by atoms with E-state index in [-0.39, 0.29) is 6.04 Å². The Kier molecular flexibility index (Phi) is 5.06. The number of hydrogen-bond acceptors (Lipinski definition) is 4. The van der Waals surface area contributed by atoms with Crippen molar-refractivity contribution in [2.24, 2.45) is 5.92 Å². The van der Waals surface area contributed by atoms with Crippen molar-refractivity contribution in [1.82, 2.24) is 25.0 Å². The summed E-state index contributed by atoms with van der Waals surface area (Å²) in [6.45, 7) is 4.73. The maximum atomic E-state index is 13.3. The van der Waals surface area contributed by atoms with Gasteiger partial charge in [-0.3, -0.25) is 14.8 Å². The fourth-order valence-electron chi connectivity index (χ4n) is 5.14. The molecule has 0 aromatic carbocycles. The van der Waals surface area contributed by atoms with Gasteiger partial charge in [-0.1, -0.05) is 19.8 Å². The predicted octanol–water partition coefficient (Wildman–Crippen LogP) is 2.51. The average Bonchev–Trinajstić information content (AvgIpc) is 3.39. The van der Waals surface area contributed by atoms with Crippen LogP contribution in [-0.2, 0) is 17.8 Å². The monoisotopic (exact) mass is 345 g/mol. The molecule has 1 aromatic rings. The van der Waals surface area contributed by atoms with E-state index >= 15 is 0 Å². The number of nitrogens with one attached hydrogen (secondary N) is 1. The van der Waals surface area contributed by atoms with Crippen molar-refractivity contribution in [2.75, 3.05) is 13.1 Å². The predicted molar refractivity (Wildman–Crippen MR) is 95.9 cm³/mol. The first-order chi connectivity index (χ1) is 12.3. The second-order valence-electron chi connectivity index (χ2n) is 7.97. The molecule has 0 spiro atoms. The number of aryl methyl sites for hydroxylation is 1. The molecular formula is C19H31N5O. The second-order valence-corrected chi connectivity index (χ2v) is 7.97. The molecule has 6 heteroatoms. The van der Waals surface area contributed by atoms with Gasteiger partial charge in [0.25, 0.3) is 0 Å². The Labute approximate surface area is 150 Å². The molecule has 0 bridgehead atoms. The molecule has 138 valence electrons. The summed E-state index contributed by atoms with van der Waals surface area (Å²) < 4.78 is 0. The van der Waals surface area contributed by atoms with Crippen molar-refractivity contribution in [3.8, 4) is 0 Å². The fraction of sp³-hybridized carbons (Fsp3) is 0.842. The van der Waals surface area contributed by atoms with Gasteiger partial charge in [-0.15, -0.1) is 0 Å². The van der Waals surface area contributed by atoms with E-state index in [1.807, 2.05) is 0 Å². The van der Waals surface area contributed by atoms with E-state index in [4.69, 9.17) is 0 Å². The number of aromatic amines is 1. The standard InChI is InChI=1S/C19H31N5O/c1-2-17-20-18(22-21-17)13-23-11-5-10-16(23)19(25)24-12-6-9-15(24)14-7-3-4-8-14/h14-16H,2-13H2,1H3,(H,20,21,22)/t15?,16-/m0/s1. The van der Waals surface area contributed by atoms with Crippen molar-refractivity contribution in [1.29, 1.82) is 0 Å². The van der Waals surface area contributed by atoms with Gasteiger partial charge in [0, 0.05) is 19.0 Å². The number of likely N-dealkylation sites (tertiary alicyclic amines) is 2. The Hall–Kier alpha value is -1.43. The third-order valence-corrected chi connectivity index (χ3v) is 6.42. The summed E-state index contributed by atoms with van der Waals surface area (Å²) in [5, 5.41) is 7.27. The molecule has 4 rings (SSSR count). The minimum absolute atomic E-state index is 0.0391. The molecule has 1 aromatic heterocycles. The third-order valence-electron chi connectivity index (χ3n) is 6.42. The highest BCUT2D eigenvalue weighted by Gasteiger charge is 2.41. The van der Waals surface area contributed by atoms with Gasteiger partial charge in [-0.25, -0.2) is 4.98 Å². The summed E-state index contributed by atoms with van der Waals surface area (Å²) in [5.41, 5.74) is 0. The molecule has 1 saturated carbocycles. The fourth-order valence-corrected chi connectivity index (χ4v) is 5.14. The molecule has 6 nitrogen and oxygen atoms in total. The van der Waals surface area contributed by atoms with Crippen molar-refractivity contribution in [3.05, 3.63) is 11.6 Å². The van der Waals surface area contributed by atoms with Crippen LogP contribution in [0.1, 0.15) is 69.9 Å². The molecule has 2 aliphatic heterocycles. The number of hydrogen-bond donors (Lipinski definition) is 1. The lowest BCUT2D eigenvalue weighted by Gasteiger charge is -2.33. The van der Waals surface area contributed by atoms with Crippen LogP contribution >= 0.6 is 0 Å². The number of carbonyl (C=O) groups is 1. The van der Waals surface area contributed by atoms with Crippen LogP contribution in [-0.4, -0.2) is 56.1 Å². The number of aromatic nitrogens is 3. The minimum atomic E-state index is 0.0391. The van der Waals surface area contributed by atoms with Crippen LogP contribution < -0.4 is 0 Å². The first kappa shape index (κ1) is 17.0. The molecule has 3 aliphatic rings. The molecule has 0 radical (unpaired) electrons. The van der Waals surface area contributed by atoms with E-state index in [1.54, 1.807) is 0 Å². The topological polar surface area (TPSA) is 65.1 Å². The van der Waals surface area contributed by atoms with Gasteiger partial charge in [0.1, 0.15) is 11.6 Å². The van der Waals surface area contributed by atoms with Crippen molar-refractivity contribution in [2.45, 2.75) is 83.3 Å². The van der Waals surface area contributed by atoms with Crippen LogP contribution in [0.4, 0.5) is 0 Å². The maximum absolute atomic E-state index is 13.3. The molecule has 3 heterocycles. The van der Waals surface area contributed by atoms with Gasteiger partial charge in [-0.05, 0) is 51.0 Å². The van der Waals surface area contributed by atoms with Crippen molar-refractivity contribution < 1.29 is 4.79 Å². The maximum Gasteiger partial charge on any atom is 0.240 e. The molecule has 2 atom stereocenters. The summed E-state index contributed by atoms with van der Waals surface area (Å²) in [6, 6.07) is 0.548. The lowest BCUT2D eigenvalue weighted by atomic mass is 9.95. The average molecular weight is 345 g/mol. The van der Waals surface area contributed by atoms with Crippen LogP contribution in [0.5, 0.6) is 0 Å². The van der Waals surface area contributed by atoms with E-state index in [0.29, 0.717) is 18.5 Å². The molecule has 2 saturated heterocycles. The SMILES string of the molecule is CCc1n[nH]c(CN2CCC[C@H]2C(=O)N2CCCC2C2CCCC2)n1. The largest absolute Gasteiger partial charge is 0.338 e. The molecule has 1 unspecified atom stereocenters. The summed E-state index contributed by atoms with van der Waals surface area (Å²) in [5.74, 6) is 2.88. The zero-order chi connectivity index (χ0) is 17.2. The van der Waals surface area contributed by atoms with Gasteiger partial charge in [0.15, 0.2) is 0 Å². The van der Waals surface area contributed by atoms with E-state index in [9.17, 15) is 4.79 Å². The van der Waals surface area contributed by atoms with E-state index in [0.717, 1.165) is 49.9 Å². The summed E-state index contributed by atoms with van der Waals surface area (Å²) in [6.07, 6.45) is 10.7. The second kappa shape index (κ2) is 7.44. The highest BCUT2D eigenvalue weighted by atomic mass is 16.2. The zero-order valence-corrected chi connectivity index (χ0v) is 15.4. The van der Waals surface area contributed by atoms with E-state index < -0.39 is 0 Å². The normalized spacial score (nSPS) is 28.3. The molecule has 1 N–H and O–H groups in total. The van der Waals surface area contributed by atoms with Crippen LogP contribution in [0.2, 0.25) is 0 Å². The minimum Gasteiger partial charge on any atom is -0.338 e. The molecule has 25 heavy (non-hydrogen) atoms. The lowest BCUT2D eigenvalue weighted by molar-refractivity contribution is -0.138. The van der Waals surface area contributed by atoms with Crippen molar-refractivity contribution >= 4 is 5.91 Å². The first-order valence-electron chi connectivity index (χ1n) is 10.2.